The molecule has 0 atom stereocenters. The number of hydrogen-bond donors (Lipinski definition) is 3. The van der Waals surface area contributed by atoms with Crippen LogP contribution < -0.4 is 16.0 Å². The normalized spacial score (nSPS) is 16.4. The lowest BCUT2D eigenvalue weighted by Crippen LogP contribution is -2.15. The number of hydrogen-bond acceptors (Lipinski definition) is 6. The lowest BCUT2D eigenvalue weighted by Gasteiger charge is -2.06. The molecule has 2 aliphatic heterocycles. The lowest BCUT2D eigenvalue weighted by atomic mass is 10.0. The molecule has 0 fully saturated rings. The van der Waals surface area contributed by atoms with Gasteiger partial charge in [-0.1, -0.05) is 43.7 Å². The van der Waals surface area contributed by atoms with Crippen LogP contribution in [0.15, 0.2) is 74.8 Å². The average Bonchev–Trinajstić information content (AvgIpc) is 3.75. The molecule has 2 aliphatic rings. The number of methoxy groups -OCH3 is 1. The molecule has 4 heterocycles. The average molecular weight is 723 g/mol. The monoisotopic (exact) mass is 722 g/mol. The zero-order valence-electron chi connectivity index (χ0n) is 30.9. The fourth-order valence-corrected chi connectivity index (χ4v) is 7.90. The van der Waals surface area contributed by atoms with Crippen molar-refractivity contribution in [1.82, 2.24) is 15.3 Å². The number of rotatable bonds is 13. The summed E-state index contributed by atoms with van der Waals surface area (Å²) in [7, 11) is -2.23. The highest BCUT2D eigenvalue weighted by molar-refractivity contribution is 7.91. The number of nitrogens with zero attached hydrogens (tertiary/aromatic N) is 1. The fourth-order valence-electron chi connectivity index (χ4n) is 6.64. The molecule has 3 N–H and O–H groups in total. The van der Waals surface area contributed by atoms with Crippen molar-refractivity contribution >= 4 is 51.6 Å². The molecule has 5 rings (SSSR count). The number of nitrogens with one attached hydrogen (secondary N) is 3. The quantitative estimate of drug-likeness (QED) is 0.210. The van der Waals surface area contributed by atoms with E-state index in [0.717, 1.165) is 68.3 Å². The van der Waals surface area contributed by atoms with E-state index in [-0.39, 0.29) is 35.4 Å². The van der Waals surface area contributed by atoms with Gasteiger partial charge in [0.25, 0.3) is 11.8 Å². The molecule has 52 heavy (non-hydrogen) atoms. The van der Waals surface area contributed by atoms with Gasteiger partial charge in [-0.15, -0.1) is 0 Å². The van der Waals surface area contributed by atoms with Crippen LogP contribution in [0.5, 0.6) is 0 Å². The number of H-pyrrole nitrogens is 2. The highest BCUT2D eigenvalue weighted by atomic mass is 32.2. The maximum Gasteiger partial charge on any atom is 0.305 e. The molecule has 0 unspecified atom stereocenters. The van der Waals surface area contributed by atoms with Crippen LogP contribution >= 0.6 is 0 Å². The fraction of sp³-hybridized carbons (Fsp3) is 0.317. The van der Waals surface area contributed by atoms with Crippen LogP contribution in [-0.2, 0) is 41.8 Å². The predicted molar refractivity (Wildman–Crippen MR) is 205 cm³/mol. The molecule has 272 valence electrons. The second-order valence-corrected chi connectivity index (χ2v) is 15.4. The number of carbonyl (C=O) groups excluding carboxylic acids is 3. The summed E-state index contributed by atoms with van der Waals surface area (Å²) < 4.78 is 31.0. The maximum absolute atomic E-state index is 13.1. The van der Waals surface area contributed by atoms with Gasteiger partial charge in [-0.2, -0.15) is 0 Å². The van der Waals surface area contributed by atoms with Crippen molar-refractivity contribution in [1.29, 1.82) is 0 Å². The number of aromatic amines is 2. The summed E-state index contributed by atoms with van der Waals surface area (Å²) in [6.45, 7) is 15.5. The Morgan fingerprint density at radius 1 is 0.865 bits per heavy atom. The topological polar surface area (TPSA) is 151 Å². The predicted octanol–water partition coefficient (Wildman–Crippen LogP) is 5.07. The molecule has 0 bridgehead atoms. The van der Waals surface area contributed by atoms with Gasteiger partial charge in [0.15, 0.2) is 9.84 Å². The van der Waals surface area contributed by atoms with Crippen molar-refractivity contribution in [2.24, 2.45) is 4.99 Å². The number of aryl methyl sites for hydroxylation is 1. The van der Waals surface area contributed by atoms with Crippen LogP contribution in [0, 0.1) is 20.8 Å². The van der Waals surface area contributed by atoms with Gasteiger partial charge < -0.3 is 20.0 Å². The summed E-state index contributed by atoms with van der Waals surface area (Å²) in [5, 5.41) is 4.45. The van der Waals surface area contributed by atoms with E-state index in [1.54, 1.807) is 50.3 Å². The first kappa shape index (κ1) is 38.0. The van der Waals surface area contributed by atoms with E-state index in [0.29, 0.717) is 34.5 Å². The summed E-state index contributed by atoms with van der Waals surface area (Å²) in [5.74, 6) is -1.13. The van der Waals surface area contributed by atoms with Crippen molar-refractivity contribution < 1.29 is 27.5 Å². The van der Waals surface area contributed by atoms with E-state index in [9.17, 15) is 22.8 Å². The number of benzene rings is 1. The number of aliphatic imine (C=N–C) groups is 1. The first-order valence-electron chi connectivity index (χ1n) is 17.4. The standard InChI is InChI=1S/C41H46N4O6S/c1-9-11-30-24(4)34(21-36-29(10-2)27(7)40(47)45-36)43-37(30)22-38-31(16-17-39(46)51-8)25(5)33(42-38)20-35-26(6)32(41(48)44-35)18-19-52(49,50)28-14-12-23(3)13-15-28/h10,12-15,20-22,42-43H,2,9,11,16-19H2,1,3-8H3,(H,45,47)/b33-20-,36-21-,38-22-. The Labute approximate surface area is 304 Å². The third-order valence-corrected chi connectivity index (χ3v) is 11.6. The smallest absolute Gasteiger partial charge is 0.305 e. The van der Waals surface area contributed by atoms with E-state index in [4.69, 9.17) is 4.74 Å². The second-order valence-electron chi connectivity index (χ2n) is 13.3. The molecule has 0 saturated heterocycles. The highest BCUT2D eigenvalue weighted by Crippen LogP contribution is 2.28. The zero-order valence-corrected chi connectivity index (χ0v) is 31.7. The van der Waals surface area contributed by atoms with Gasteiger partial charge in [0.2, 0.25) is 0 Å². The van der Waals surface area contributed by atoms with Crippen molar-refractivity contribution in [2.45, 2.75) is 78.5 Å². The minimum atomic E-state index is -3.59. The van der Waals surface area contributed by atoms with Crippen LogP contribution in [0.2, 0.25) is 0 Å². The summed E-state index contributed by atoms with van der Waals surface area (Å²) in [5.41, 5.74) is 10.2. The van der Waals surface area contributed by atoms with E-state index in [1.807, 2.05) is 26.0 Å². The Morgan fingerprint density at radius 3 is 2.23 bits per heavy atom. The third kappa shape index (κ3) is 7.79. The zero-order chi connectivity index (χ0) is 37.9. The van der Waals surface area contributed by atoms with Crippen molar-refractivity contribution in [3.8, 4) is 0 Å². The molecule has 1 aromatic carbocycles. The Kier molecular flexibility index (Phi) is 11.3. The summed E-state index contributed by atoms with van der Waals surface area (Å²) >= 11 is 0. The number of esters is 1. The van der Waals surface area contributed by atoms with Gasteiger partial charge in [0.05, 0.1) is 29.2 Å². The number of allylic oxidation sites excluding steroid dienone is 2. The number of amides is 2. The first-order valence-corrected chi connectivity index (χ1v) is 19.0. The third-order valence-electron chi connectivity index (χ3n) is 9.87. The van der Waals surface area contributed by atoms with Gasteiger partial charge in [-0.05, 0) is 112 Å². The highest BCUT2D eigenvalue weighted by Gasteiger charge is 2.26. The van der Waals surface area contributed by atoms with E-state index in [1.165, 1.54) is 7.11 Å². The number of ether oxygens (including phenoxy) is 1. The molecule has 3 aromatic rings. The largest absolute Gasteiger partial charge is 0.469 e. The van der Waals surface area contributed by atoms with Gasteiger partial charge in [0.1, 0.15) is 0 Å². The SMILES string of the molecule is C=CC1=C(C)C(=O)N/C1=C\c1[nH]c(/C=c2\[nH]/c(=C\C3=NC(=O)C(CCS(=O)(=O)c4ccc(C)cc4)=C3C)c(C)c2CCC(=O)OC)c(CCC)c1C. The summed E-state index contributed by atoms with van der Waals surface area (Å²) in [4.78, 5) is 49.3. The molecular weight excluding hydrogens is 677 g/mol. The molecule has 10 nitrogen and oxygen atoms in total. The number of carbonyl (C=O) groups is 3. The number of aromatic nitrogens is 2. The number of sulfone groups is 1. The van der Waals surface area contributed by atoms with Crippen LogP contribution in [0.1, 0.15) is 79.2 Å². The molecule has 0 saturated carbocycles. The van der Waals surface area contributed by atoms with Gasteiger partial charge >= 0.3 is 5.97 Å². The van der Waals surface area contributed by atoms with E-state index in [2.05, 4.69) is 40.7 Å². The van der Waals surface area contributed by atoms with E-state index >= 15 is 0 Å². The molecule has 2 amide bonds. The minimum absolute atomic E-state index is 0.0487. The Hall–Kier alpha value is -5.29. The van der Waals surface area contributed by atoms with Crippen molar-refractivity contribution in [3.05, 3.63) is 115 Å². The van der Waals surface area contributed by atoms with Crippen LogP contribution in [0.4, 0.5) is 0 Å². The van der Waals surface area contributed by atoms with Crippen LogP contribution in [0.25, 0.3) is 18.2 Å². The Bertz CT molecular complexity index is 2350. The lowest BCUT2D eigenvalue weighted by molar-refractivity contribution is -0.140. The molecule has 11 heteroatoms. The van der Waals surface area contributed by atoms with Crippen LogP contribution in [0.3, 0.4) is 0 Å². The van der Waals surface area contributed by atoms with Crippen molar-refractivity contribution in [2.75, 3.05) is 12.9 Å². The molecule has 0 radical (unpaired) electrons. The van der Waals surface area contributed by atoms with E-state index < -0.39 is 15.7 Å². The Morgan fingerprint density at radius 2 is 1.58 bits per heavy atom. The molecule has 2 aromatic heterocycles. The summed E-state index contributed by atoms with van der Waals surface area (Å²) in [6.07, 6.45) is 9.81. The first-order chi connectivity index (χ1) is 24.7. The molecular formula is C41H46N4O6S. The Balaban J connectivity index is 1.56. The minimum Gasteiger partial charge on any atom is -0.469 e. The van der Waals surface area contributed by atoms with Crippen LogP contribution in [-0.4, -0.2) is 54.7 Å². The molecule has 0 aliphatic carbocycles. The van der Waals surface area contributed by atoms with Gasteiger partial charge in [-0.25, -0.2) is 13.4 Å². The van der Waals surface area contributed by atoms with Gasteiger partial charge in [0, 0.05) is 45.2 Å². The summed E-state index contributed by atoms with van der Waals surface area (Å²) in [6, 6.07) is 6.68. The second kappa shape index (κ2) is 15.5. The maximum atomic E-state index is 13.1. The van der Waals surface area contributed by atoms with Gasteiger partial charge in [-0.3, -0.25) is 14.4 Å². The molecule has 0 spiro atoms. The van der Waals surface area contributed by atoms with Crippen molar-refractivity contribution in [3.63, 3.8) is 0 Å².